The molecule has 0 saturated carbocycles. The van der Waals surface area contributed by atoms with E-state index in [0.29, 0.717) is 6.54 Å². The Morgan fingerprint density at radius 3 is 2.67 bits per heavy atom. The monoisotopic (exact) mass is 287 g/mol. The number of amides is 1. The number of carbonyl (C=O) groups excluding carboxylic acids is 1. The van der Waals surface area contributed by atoms with Gasteiger partial charge in [0.15, 0.2) is 0 Å². The van der Waals surface area contributed by atoms with Crippen molar-refractivity contribution < 1.29 is 14.7 Å². The maximum Gasteiger partial charge on any atom is 0.305 e. The van der Waals surface area contributed by atoms with Crippen LogP contribution in [0.4, 0.5) is 0 Å². The molecule has 4 nitrogen and oxygen atoms in total. The Labute approximate surface area is 125 Å². The molecule has 1 N–H and O–H groups in total. The number of carbonyl (C=O) groups is 2. The third-order valence-electron chi connectivity index (χ3n) is 3.82. The third kappa shape index (κ3) is 4.45. The fourth-order valence-corrected chi connectivity index (χ4v) is 2.65. The van der Waals surface area contributed by atoms with Crippen molar-refractivity contribution >= 4 is 18.0 Å². The van der Waals surface area contributed by atoms with Gasteiger partial charge in [0.2, 0.25) is 5.91 Å². The van der Waals surface area contributed by atoms with E-state index in [9.17, 15) is 9.59 Å². The van der Waals surface area contributed by atoms with Gasteiger partial charge in [-0.25, -0.2) is 0 Å². The fourth-order valence-electron chi connectivity index (χ4n) is 2.65. The van der Waals surface area contributed by atoms with E-state index in [-0.39, 0.29) is 18.4 Å². The van der Waals surface area contributed by atoms with E-state index in [1.807, 2.05) is 31.2 Å². The van der Waals surface area contributed by atoms with E-state index in [4.69, 9.17) is 5.11 Å². The van der Waals surface area contributed by atoms with Crippen molar-refractivity contribution in [2.24, 2.45) is 0 Å². The first-order chi connectivity index (χ1) is 10.1. The zero-order valence-electron chi connectivity index (χ0n) is 12.3. The Morgan fingerprint density at radius 1 is 1.29 bits per heavy atom. The number of carboxylic acids is 1. The highest BCUT2D eigenvalue weighted by Crippen LogP contribution is 2.20. The zero-order valence-corrected chi connectivity index (χ0v) is 12.3. The molecule has 1 aliphatic rings. The predicted octanol–water partition coefficient (Wildman–Crippen LogP) is 2.86. The highest BCUT2D eigenvalue weighted by molar-refractivity contribution is 5.92. The van der Waals surface area contributed by atoms with Gasteiger partial charge in [0, 0.05) is 18.7 Å². The first kappa shape index (κ1) is 15.3. The lowest BCUT2D eigenvalue weighted by Crippen LogP contribution is -2.44. The minimum atomic E-state index is -0.845. The van der Waals surface area contributed by atoms with Crippen LogP contribution in [0.2, 0.25) is 0 Å². The number of hydrogen-bond donors (Lipinski definition) is 1. The molecule has 1 unspecified atom stereocenters. The Hall–Kier alpha value is -2.10. The predicted molar refractivity (Wildman–Crippen MR) is 81.8 cm³/mol. The average Bonchev–Trinajstić information content (AvgIpc) is 2.46. The van der Waals surface area contributed by atoms with Crippen LogP contribution in [0.15, 0.2) is 30.3 Å². The van der Waals surface area contributed by atoms with Crippen LogP contribution in [-0.4, -0.2) is 34.5 Å². The smallest absolute Gasteiger partial charge is 0.305 e. The summed E-state index contributed by atoms with van der Waals surface area (Å²) < 4.78 is 0. The van der Waals surface area contributed by atoms with Gasteiger partial charge >= 0.3 is 5.97 Å². The van der Waals surface area contributed by atoms with Gasteiger partial charge in [0.1, 0.15) is 0 Å². The number of aryl methyl sites for hydroxylation is 1. The number of piperidine rings is 1. The summed E-state index contributed by atoms with van der Waals surface area (Å²) in [5.41, 5.74) is 2.15. The average molecular weight is 287 g/mol. The van der Waals surface area contributed by atoms with Gasteiger partial charge in [-0.1, -0.05) is 29.8 Å². The van der Waals surface area contributed by atoms with Crippen molar-refractivity contribution in [1.29, 1.82) is 0 Å². The van der Waals surface area contributed by atoms with Gasteiger partial charge in [-0.05, 0) is 37.8 Å². The maximum atomic E-state index is 12.3. The second-order valence-corrected chi connectivity index (χ2v) is 5.52. The Kier molecular flexibility index (Phi) is 5.14. The summed E-state index contributed by atoms with van der Waals surface area (Å²) in [6.07, 6.45) is 6.07. The second kappa shape index (κ2) is 7.07. The summed E-state index contributed by atoms with van der Waals surface area (Å²) in [5, 5.41) is 8.94. The summed E-state index contributed by atoms with van der Waals surface area (Å²) in [4.78, 5) is 24.9. The molecule has 0 aromatic heterocycles. The summed E-state index contributed by atoms with van der Waals surface area (Å²) in [6.45, 7) is 2.66. The number of nitrogens with zero attached hydrogens (tertiary/aromatic N) is 1. The van der Waals surface area contributed by atoms with E-state index in [2.05, 4.69) is 0 Å². The van der Waals surface area contributed by atoms with E-state index in [1.54, 1.807) is 17.1 Å². The summed E-state index contributed by atoms with van der Waals surface area (Å²) >= 11 is 0. The SMILES string of the molecule is Cc1ccc(/C=C/C(=O)N2CCCCC2CC(=O)O)cc1. The summed E-state index contributed by atoms with van der Waals surface area (Å²) in [7, 11) is 0. The van der Waals surface area contributed by atoms with Crippen LogP contribution in [0.5, 0.6) is 0 Å². The van der Waals surface area contributed by atoms with E-state index in [0.717, 1.165) is 24.8 Å². The molecule has 0 bridgehead atoms. The third-order valence-corrected chi connectivity index (χ3v) is 3.82. The maximum absolute atomic E-state index is 12.3. The second-order valence-electron chi connectivity index (χ2n) is 5.52. The number of benzene rings is 1. The lowest BCUT2D eigenvalue weighted by atomic mass is 9.99. The first-order valence-electron chi connectivity index (χ1n) is 7.33. The largest absolute Gasteiger partial charge is 0.481 e. The van der Waals surface area contributed by atoms with Crippen molar-refractivity contribution in [3.63, 3.8) is 0 Å². The fraction of sp³-hybridized carbons (Fsp3) is 0.412. The van der Waals surface area contributed by atoms with Gasteiger partial charge in [-0.2, -0.15) is 0 Å². The van der Waals surface area contributed by atoms with Crippen LogP contribution in [0, 0.1) is 6.92 Å². The molecule has 1 saturated heterocycles. The Morgan fingerprint density at radius 2 is 2.00 bits per heavy atom. The Bertz CT molecular complexity index is 533. The molecule has 2 rings (SSSR count). The topological polar surface area (TPSA) is 57.6 Å². The minimum Gasteiger partial charge on any atom is -0.481 e. The molecular weight excluding hydrogens is 266 g/mol. The standard InChI is InChI=1S/C17H21NO3/c1-13-5-7-14(8-6-13)9-10-16(19)18-11-3-2-4-15(18)12-17(20)21/h5-10,15H,2-4,11-12H2,1H3,(H,20,21)/b10-9+. The molecule has 1 amide bonds. The normalized spacial score (nSPS) is 18.9. The molecule has 21 heavy (non-hydrogen) atoms. The lowest BCUT2D eigenvalue weighted by Gasteiger charge is -2.34. The molecule has 1 fully saturated rings. The van der Waals surface area contributed by atoms with Crippen molar-refractivity contribution in [3.05, 3.63) is 41.5 Å². The molecule has 1 atom stereocenters. The van der Waals surface area contributed by atoms with Crippen molar-refractivity contribution in [2.75, 3.05) is 6.54 Å². The molecule has 0 spiro atoms. The number of carboxylic acid groups (broad SMARTS) is 1. The zero-order chi connectivity index (χ0) is 15.2. The molecule has 0 aliphatic carbocycles. The van der Waals surface area contributed by atoms with E-state index < -0.39 is 5.97 Å². The highest BCUT2D eigenvalue weighted by atomic mass is 16.4. The van der Waals surface area contributed by atoms with Gasteiger partial charge in [0.05, 0.1) is 6.42 Å². The number of aliphatic carboxylic acids is 1. The van der Waals surface area contributed by atoms with Gasteiger partial charge < -0.3 is 10.0 Å². The van der Waals surface area contributed by atoms with Crippen LogP contribution in [0.1, 0.15) is 36.8 Å². The van der Waals surface area contributed by atoms with Crippen molar-refractivity contribution in [3.8, 4) is 0 Å². The molecule has 1 aromatic rings. The first-order valence-corrected chi connectivity index (χ1v) is 7.33. The van der Waals surface area contributed by atoms with E-state index in [1.165, 1.54) is 5.56 Å². The van der Waals surface area contributed by atoms with Gasteiger partial charge in [-0.15, -0.1) is 0 Å². The molecule has 1 aliphatic heterocycles. The number of hydrogen-bond acceptors (Lipinski definition) is 2. The number of likely N-dealkylation sites (tertiary alicyclic amines) is 1. The molecule has 4 heteroatoms. The minimum absolute atomic E-state index is 0.0319. The van der Waals surface area contributed by atoms with Crippen molar-refractivity contribution in [2.45, 2.75) is 38.6 Å². The summed E-state index contributed by atoms with van der Waals surface area (Å²) in [6, 6.07) is 7.75. The quantitative estimate of drug-likeness (QED) is 0.866. The molecule has 112 valence electrons. The highest BCUT2D eigenvalue weighted by Gasteiger charge is 2.27. The number of rotatable bonds is 4. The van der Waals surface area contributed by atoms with Crippen LogP contribution in [-0.2, 0) is 9.59 Å². The van der Waals surface area contributed by atoms with Crippen LogP contribution >= 0.6 is 0 Å². The molecule has 1 aromatic carbocycles. The van der Waals surface area contributed by atoms with Gasteiger partial charge in [0.25, 0.3) is 0 Å². The van der Waals surface area contributed by atoms with E-state index >= 15 is 0 Å². The molecule has 0 radical (unpaired) electrons. The lowest BCUT2D eigenvalue weighted by molar-refractivity contribution is -0.140. The van der Waals surface area contributed by atoms with Crippen LogP contribution in [0.25, 0.3) is 6.08 Å². The molecular formula is C17H21NO3. The summed E-state index contributed by atoms with van der Waals surface area (Å²) in [5.74, 6) is -0.941. The van der Waals surface area contributed by atoms with Crippen LogP contribution < -0.4 is 0 Å². The van der Waals surface area contributed by atoms with Gasteiger partial charge in [-0.3, -0.25) is 9.59 Å². The Balaban J connectivity index is 2.03. The van der Waals surface area contributed by atoms with Crippen LogP contribution in [0.3, 0.4) is 0 Å². The molecule has 1 heterocycles. The van der Waals surface area contributed by atoms with Crippen molar-refractivity contribution in [1.82, 2.24) is 4.90 Å².